The van der Waals surface area contributed by atoms with Crippen molar-refractivity contribution in [2.75, 3.05) is 25.7 Å². The number of imide groups is 1. The molecule has 1 atom stereocenters. The van der Waals surface area contributed by atoms with E-state index in [9.17, 15) is 33.6 Å². The Morgan fingerprint density at radius 1 is 1.02 bits per heavy atom. The van der Waals surface area contributed by atoms with Crippen molar-refractivity contribution in [2.45, 2.75) is 32.4 Å². The number of carbonyl (C=O) groups excluding carboxylic acids is 7. The second kappa shape index (κ2) is 15.3. The number of esters is 3. The number of hydrogen-bond acceptors (Lipinski definition) is 11. The largest absolute Gasteiger partial charge is 0.469 e. The van der Waals surface area contributed by atoms with Gasteiger partial charge in [-0.2, -0.15) is 0 Å². The van der Waals surface area contributed by atoms with Gasteiger partial charge in [0.05, 0.1) is 32.3 Å². The number of ether oxygens (including phenoxy) is 3. The molecule has 1 saturated heterocycles. The summed E-state index contributed by atoms with van der Waals surface area (Å²) in [5, 5.41) is 4.24. The zero-order valence-electron chi connectivity index (χ0n) is 23.5. The van der Waals surface area contributed by atoms with Gasteiger partial charge in [-0.3, -0.25) is 34.2 Å². The summed E-state index contributed by atoms with van der Waals surface area (Å²) in [5.41, 5.74) is 1.52. The molecule has 0 bridgehead atoms. The molecule has 1 fully saturated rings. The summed E-state index contributed by atoms with van der Waals surface area (Å²) in [6.45, 7) is 1.42. The fourth-order valence-electron chi connectivity index (χ4n) is 3.90. The monoisotopic (exact) mass is 611 g/mol. The lowest BCUT2D eigenvalue weighted by Crippen LogP contribution is -2.42. The summed E-state index contributed by atoms with van der Waals surface area (Å²) >= 11 is 0.767. The Balaban J connectivity index is 1.84. The summed E-state index contributed by atoms with van der Waals surface area (Å²) in [6, 6.07) is 11.4. The molecule has 0 aromatic heterocycles. The Morgan fingerprint density at radius 3 is 2.35 bits per heavy atom. The maximum atomic E-state index is 13.1. The normalized spacial score (nSPS) is 14.0. The number of amides is 4. The highest BCUT2D eigenvalue weighted by Gasteiger charge is 2.27. The first-order valence-electron chi connectivity index (χ1n) is 12.9. The zero-order chi connectivity index (χ0) is 31.5. The Labute approximate surface area is 250 Å². The molecule has 0 aliphatic carbocycles. The summed E-state index contributed by atoms with van der Waals surface area (Å²) in [4.78, 5) is 86.8. The van der Waals surface area contributed by atoms with Crippen molar-refractivity contribution in [3.8, 4) is 0 Å². The molecule has 226 valence electrons. The minimum atomic E-state index is -1.11. The van der Waals surface area contributed by atoms with Crippen molar-refractivity contribution in [3.63, 3.8) is 0 Å². The van der Waals surface area contributed by atoms with Crippen molar-refractivity contribution in [1.82, 2.24) is 10.6 Å². The van der Waals surface area contributed by atoms with E-state index in [0.717, 1.165) is 18.9 Å². The molecule has 0 unspecified atom stereocenters. The third-order valence-corrected chi connectivity index (χ3v) is 6.84. The minimum absolute atomic E-state index is 0.0175. The highest BCUT2D eigenvalue weighted by atomic mass is 32.2. The molecule has 1 aliphatic heterocycles. The fourth-order valence-corrected chi connectivity index (χ4v) is 4.58. The Kier molecular flexibility index (Phi) is 11.6. The van der Waals surface area contributed by atoms with Crippen LogP contribution in [0.5, 0.6) is 0 Å². The van der Waals surface area contributed by atoms with Gasteiger partial charge in [-0.25, -0.2) is 9.59 Å². The van der Waals surface area contributed by atoms with E-state index in [0.29, 0.717) is 16.8 Å². The molecular weight excluding hydrogens is 582 g/mol. The molecule has 0 saturated carbocycles. The molecule has 1 heterocycles. The molecular formula is C29H29N3O10S. The van der Waals surface area contributed by atoms with Gasteiger partial charge in [-0.15, -0.1) is 0 Å². The predicted octanol–water partition coefficient (Wildman–Crippen LogP) is 2.33. The van der Waals surface area contributed by atoms with Gasteiger partial charge < -0.3 is 19.5 Å². The van der Waals surface area contributed by atoms with E-state index in [2.05, 4.69) is 15.4 Å². The summed E-state index contributed by atoms with van der Waals surface area (Å²) in [6.07, 6.45) is 1.35. The Morgan fingerprint density at radius 2 is 1.74 bits per heavy atom. The SMILES string of the molecule is CCOC(=O)C(=O)N(Cc1cccc(C(=O)N[C@H](CCC(=O)OC)C(=O)OC)c1)c1ccc(/C=C2\SC(=O)NC2=O)cc1. The third kappa shape index (κ3) is 9.00. The van der Waals surface area contributed by atoms with Gasteiger partial charge >= 0.3 is 23.8 Å². The lowest BCUT2D eigenvalue weighted by atomic mass is 10.1. The second-order valence-corrected chi connectivity index (χ2v) is 9.93. The van der Waals surface area contributed by atoms with Gasteiger partial charge in [0.2, 0.25) is 0 Å². The van der Waals surface area contributed by atoms with Gasteiger partial charge in [-0.05, 0) is 66.6 Å². The van der Waals surface area contributed by atoms with Crippen LogP contribution in [-0.2, 0) is 44.7 Å². The number of anilines is 1. The van der Waals surface area contributed by atoms with Crippen molar-refractivity contribution >= 4 is 64.4 Å². The third-order valence-electron chi connectivity index (χ3n) is 6.03. The van der Waals surface area contributed by atoms with Crippen LogP contribution in [0.2, 0.25) is 0 Å². The molecule has 2 N–H and O–H groups in total. The quantitative estimate of drug-likeness (QED) is 0.165. The molecule has 43 heavy (non-hydrogen) atoms. The van der Waals surface area contributed by atoms with E-state index in [1.807, 2.05) is 0 Å². The maximum absolute atomic E-state index is 13.1. The molecule has 1 aliphatic rings. The lowest BCUT2D eigenvalue weighted by Gasteiger charge is -2.22. The molecule has 3 rings (SSSR count). The number of nitrogens with zero attached hydrogens (tertiary/aromatic N) is 1. The smallest absolute Gasteiger partial charge is 0.397 e. The van der Waals surface area contributed by atoms with Crippen LogP contribution in [-0.4, -0.2) is 67.7 Å². The molecule has 0 spiro atoms. The Hall–Kier alpha value is -4.98. The number of rotatable bonds is 11. The van der Waals surface area contributed by atoms with Crippen LogP contribution in [0.1, 0.15) is 41.3 Å². The van der Waals surface area contributed by atoms with Crippen LogP contribution in [0.4, 0.5) is 10.5 Å². The van der Waals surface area contributed by atoms with Crippen LogP contribution in [0.15, 0.2) is 53.4 Å². The number of carbonyl (C=O) groups is 7. The van der Waals surface area contributed by atoms with Crippen molar-refractivity contribution in [3.05, 3.63) is 70.1 Å². The fraction of sp³-hybridized carbons (Fsp3) is 0.276. The van der Waals surface area contributed by atoms with Crippen LogP contribution >= 0.6 is 11.8 Å². The van der Waals surface area contributed by atoms with Gasteiger partial charge in [0, 0.05) is 17.7 Å². The number of thioether (sulfide) groups is 1. The molecule has 4 amide bonds. The number of hydrogen-bond donors (Lipinski definition) is 2. The number of nitrogens with one attached hydrogen (secondary N) is 2. The van der Waals surface area contributed by atoms with E-state index in [4.69, 9.17) is 9.47 Å². The van der Waals surface area contributed by atoms with E-state index >= 15 is 0 Å². The van der Waals surface area contributed by atoms with Gasteiger partial charge in [0.15, 0.2) is 0 Å². The molecule has 14 heteroatoms. The van der Waals surface area contributed by atoms with Gasteiger partial charge in [-0.1, -0.05) is 24.3 Å². The molecule has 2 aromatic carbocycles. The molecule has 2 aromatic rings. The zero-order valence-corrected chi connectivity index (χ0v) is 24.4. The minimum Gasteiger partial charge on any atom is -0.469 e. The van der Waals surface area contributed by atoms with Crippen LogP contribution in [0.25, 0.3) is 6.08 Å². The van der Waals surface area contributed by atoms with Crippen molar-refractivity contribution in [2.24, 2.45) is 0 Å². The molecule has 0 radical (unpaired) electrons. The first kappa shape index (κ1) is 32.5. The summed E-state index contributed by atoms with van der Waals surface area (Å²) in [5.74, 6) is -4.46. The predicted molar refractivity (Wildman–Crippen MR) is 154 cm³/mol. The van der Waals surface area contributed by atoms with Gasteiger partial charge in [0.1, 0.15) is 6.04 Å². The van der Waals surface area contributed by atoms with Crippen LogP contribution in [0, 0.1) is 0 Å². The number of methoxy groups -OCH3 is 2. The average Bonchev–Trinajstić information content (AvgIpc) is 3.33. The first-order valence-corrected chi connectivity index (χ1v) is 13.8. The van der Waals surface area contributed by atoms with E-state index in [1.54, 1.807) is 43.3 Å². The van der Waals surface area contributed by atoms with Gasteiger partial charge in [0.25, 0.3) is 17.1 Å². The summed E-state index contributed by atoms with van der Waals surface area (Å²) in [7, 11) is 2.37. The molecule has 13 nitrogen and oxygen atoms in total. The van der Waals surface area contributed by atoms with Crippen LogP contribution in [0.3, 0.4) is 0 Å². The number of benzene rings is 2. The maximum Gasteiger partial charge on any atom is 0.397 e. The topological polar surface area (TPSA) is 174 Å². The Bertz CT molecular complexity index is 1450. The van der Waals surface area contributed by atoms with E-state index in [1.165, 1.54) is 30.2 Å². The second-order valence-electron chi connectivity index (χ2n) is 8.92. The average molecular weight is 612 g/mol. The summed E-state index contributed by atoms with van der Waals surface area (Å²) < 4.78 is 14.2. The van der Waals surface area contributed by atoms with E-state index in [-0.39, 0.29) is 36.5 Å². The van der Waals surface area contributed by atoms with Crippen molar-refractivity contribution in [1.29, 1.82) is 0 Å². The highest BCUT2D eigenvalue weighted by Crippen LogP contribution is 2.27. The van der Waals surface area contributed by atoms with Crippen LogP contribution < -0.4 is 15.5 Å². The first-order chi connectivity index (χ1) is 20.6. The van der Waals surface area contributed by atoms with E-state index < -0.39 is 46.9 Å². The lowest BCUT2D eigenvalue weighted by molar-refractivity contribution is -0.153. The van der Waals surface area contributed by atoms with Crippen molar-refractivity contribution < 1.29 is 47.8 Å². The highest BCUT2D eigenvalue weighted by molar-refractivity contribution is 8.18. The standard InChI is InChI=1S/C29H29N3O10S/c1-4-42-28(38)26(36)32(20-10-8-17(9-11-20)15-22-25(35)31-29(39)43-22)16-18-6-5-7-19(14-18)24(34)30-21(27(37)41-3)12-13-23(33)40-2/h5-11,14-15,21H,4,12-13,16H2,1-3H3,(H,30,34)(H,31,35,39)/b22-15-/t21-/m1/s1.